The van der Waals surface area contributed by atoms with Gasteiger partial charge in [0.15, 0.2) is 0 Å². The van der Waals surface area contributed by atoms with E-state index in [4.69, 9.17) is 5.11 Å². The molecule has 0 saturated carbocycles. The molecule has 0 aromatic heterocycles. The van der Waals surface area contributed by atoms with Crippen LogP contribution < -0.4 is 51.4 Å². The monoisotopic (exact) mass is 182 g/mol. The van der Waals surface area contributed by atoms with E-state index >= 15 is 0 Å². The van der Waals surface area contributed by atoms with E-state index in [1.807, 2.05) is 0 Å². The first-order chi connectivity index (χ1) is 3.06. The van der Waals surface area contributed by atoms with Crippen LogP contribution in [0.15, 0.2) is 0 Å². The molecule has 0 unspecified atom stereocenters. The zero-order valence-electron chi connectivity index (χ0n) is 4.99. The van der Waals surface area contributed by atoms with Gasteiger partial charge in [-0.05, 0) is 0 Å². The molecule has 7 heteroatoms. The predicted octanol–water partition coefficient (Wildman–Crippen LogP) is -5.30. The summed E-state index contributed by atoms with van der Waals surface area (Å²) in [6.07, 6.45) is 0. The average Bonchev–Trinajstić information content (AvgIpc) is 1.30. The van der Waals surface area contributed by atoms with Crippen molar-refractivity contribution in [2.75, 3.05) is 12.4 Å². The Bertz CT molecular complexity index is 128. The SMILES string of the molecule is O.O=S(=O)([O-])CCO.[K+]. The van der Waals surface area contributed by atoms with E-state index < -0.39 is 22.5 Å². The number of hydrogen-bond donors (Lipinski definition) is 1. The fraction of sp³-hybridized carbons (Fsp3) is 1.00. The van der Waals surface area contributed by atoms with Crippen molar-refractivity contribution in [3.63, 3.8) is 0 Å². The standard InChI is InChI=1S/C2H6O4S.K.H2O/c3-1-2-7(4,5)6;;/h3H,1-2H2,(H,4,5,6);;1H2/q;+1;/p-1. The molecule has 0 aromatic rings. The summed E-state index contributed by atoms with van der Waals surface area (Å²) in [5.74, 6) is -0.688. The van der Waals surface area contributed by atoms with E-state index in [2.05, 4.69) is 0 Å². The topological polar surface area (TPSA) is 109 Å². The molecule has 0 fully saturated rings. The van der Waals surface area contributed by atoms with Gasteiger partial charge in [-0.1, -0.05) is 0 Å². The molecule has 0 radical (unpaired) electrons. The van der Waals surface area contributed by atoms with Crippen LogP contribution in [0.5, 0.6) is 0 Å². The van der Waals surface area contributed by atoms with Crippen LogP contribution in [0.4, 0.5) is 0 Å². The van der Waals surface area contributed by atoms with Crippen molar-refractivity contribution in [3.8, 4) is 0 Å². The molecule has 9 heavy (non-hydrogen) atoms. The molecular formula is C2H7KO5S. The van der Waals surface area contributed by atoms with Crippen molar-refractivity contribution in [1.82, 2.24) is 0 Å². The minimum absolute atomic E-state index is 0. The van der Waals surface area contributed by atoms with Crippen LogP contribution in [0.3, 0.4) is 0 Å². The predicted molar refractivity (Wildman–Crippen MR) is 25.3 cm³/mol. The third-order valence-corrected chi connectivity index (χ3v) is 1.02. The van der Waals surface area contributed by atoms with Gasteiger partial charge in [-0.2, -0.15) is 0 Å². The second-order valence-corrected chi connectivity index (χ2v) is 2.51. The molecule has 0 saturated heterocycles. The van der Waals surface area contributed by atoms with Gasteiger partial charge in [-0.25, -0.2) is 8.42 Å². The van der Waals surface area contributed by atoms with E-state index in [-0.39, 0.29) is 56.9 Å². The van der Waals surface area contributed by atoms with Crippen molar-refractivity contribution >= 4 is 10.1 Å². The third kappa shape index (κ3) is 17.7. The van der Waals surface area contributed by atoms with E-state index in [1.165, 1.54) is 0 Å². The summed E-state index contributed by atoms with van der Waals surface area (Å²) >= 11 is 0. The molecule has 5 nitrogen and oxygen atoms in total. The molecule has 0 aliphatic carbocycles. The molecule has 0 aromatic carbocycles. The summed E-state index contributed by atoms with van der Waals surface area (Å²) < 4.78 is 28.5. The van der Waals surface area contributed by atoms with Crippen LogP contribution in [-0.4, -0.2) is 35.9 Å². The normalized spacial score (nSPS) is 9.11. The number of hydrogen-bond acceptors (Lipinski definition) is 4. The quantitative estimate of drug-likeness (QED) is 0.340. The molecule has 0 heterocycles. The molecule has 0 aliphatic rings. The van der Waals surface area contributed by atoms with Gasteiger partial charge < -0.3 is 15.1 Å². The fourth-order valence-electron chi connectivity index (χ4n) is 0.112. The van der Waals surface area contributed by atoms with Crippen LogP contribution in [0.25, 0.3) is 0 Å². The van der Waals surface area contributed by atoms with Crippen molar-refractivity contribution in [2.24, 2.45) is 0 Å². The van der Waals surface area contributed by atoms with Gasteiger partial charge in [0.1, 0.15) is 0 Å². The average molecular weight is 182 g/mol. The molecule has 3 N–H and O–H groups in total. The molecule has 0 atom stereocenters. The minimum Gasteiger partial charge on any atom is -0.748 e. The number of rotatable bonds is 2. The van der Waals surface area contributed by atoms with Crippen molar-refractivity contribution in [3.05, 3.63) is 0 Å². The first-order valence-corrected chi connectivity index (χ1v) is 3.18. The van der Waals surface area contributed by atoms with Crippen molar-refractivity contribution < 1.29 is 74.9 Å². The Morgan fingerprint density at radius 3 is 1.78 bits per heavy atom. The van der Waals surface area contributed by atoms with E-state index in [0.717, 1.165) is 0 Å². The molecule has 0 bridgehead atoms. The summed E-state index contributed by atoms with van der Waals surface area (Å²) in [6.45, 7) is -0.591. The zero-order chi connectivity index (χ0) is 5.91. The van der Waals surface area contributed by atoms with Gasteiger partial charge in [-0.3, -0.25) is 0 Å². The van der Waals surface area contributed by atoms with Gasteiger partial charge in [0, 0.05) is 0 Å². The Morgan fingerprint density at radius 2 is 1.78 bits per heavy atom. The maximum atomic E-state index is 9.52. The summed E-state index contributed by atoms with van der Waals surface area (Å²) in [4.78, 5) is 0. The number of aliphatic hydroxyl groups excluding tert-OH is 1. The second-order valence-electron chi connectivity index (χ2n) is 0.985. The third-order valence-electron chi connectivity index (χ3n) is 0.341. The van der Waals surface area contributed by atoms with Gasteiger partial charge >= 0.3 is 51.4 Å². The molecule has 0 rings (SSSR count). The second kappa shape index (κ2) is 7.57. The van der Waals surface area contributed by atoms with E-state index in [0.29, 0.717) is 0 Å². The smallest absolute Gasteiger partial charge is 0.748 e. The van der Waals surface area contributed by atoms with Crippen molar-refractivity contribution in [1.29, 1.82) is 0 Å². The Kier molecular flexibility index (Phi) is 14.2. The Labute approximate surface area is 95.9 Å². The Morgan fingerprint density at radius 1 is 1.44 bits per heavy atom. The first kappa shape index (κ1) is 16.8. The maximum absolute atomic E-state index is 9.52. The summed E-state index contributed by atoms with van der Waals surface area (Å²) in [5.41, 5.74) is 0. The Hall–Kier alpha value is 1.47. The van der Waals surface area contributed by atoms with Gasteiger partial charge in [0.25, 0.3) is 0 Å². The van der Waals surface area contributed by atoms with Crippen LogP contribution in [-0.2, 0) is 10.1 Å². The van der Waals surface area contributed by atoms with Gasteiger partial charge in [0.2, 0.25) is 0 Å². The van der Waals surface area contributed by atoms with Crippen molar-refractivity contribution in [2.45, 2.75) is 0 Å². The fourth-order valence-corrected chi connectivity index (χ4v) is 0.335. The minimum atomic E-state index is -4.17. The first-order valence-electron chi connectivity index (χ1n) is 1.60. The summed E-state index contributed by atoms with van der Waals surface area (Å²) in [5, 5.41) is 7.82. The molecule has 0 aliphatic heterocycles. The largest absolute Gasteiger partial charge is 1.00 e. The molecule has 0 spiro atoms. The van der Waals surface area contributed by atoms with Gasteiger partial charge in [0.05, 0.1) is 22.5 Å². The van der Waals surface area contributed by atoms with Gasteiger partial charge in [-0.15, -0.1) is 0 Å². The number of aliphatic hydroxyl groups is 1. The van der Waals surface area contributed by atoms with E-state index in [1.54, 1.807) is 0 Å². The van der Waals surface area contributed by atoms with Crippen LogP contribution >= 0.6 is 0 Å². The van der Waals surface area contributed by atoms with E-state index in [9.17, 15) is 13.0 Å². The molecule has 52 valence electrons. The van der Waals surface area contributed by atoms with Crippen LogP contribution in [0.2, 0.25) is 0 Å². The molecule has 0 amide bonds. The summed E-state index contributed by atoms with van der Waals surface area (Å²) in [6, 6.07) is 0. The maximum Gasteiger partial charge on any atom is 1.00 e. The zero-order valence-corrected chi connectivity index (χ0v) is 8.93. The Balaban J connectivity index is -0.000000180. The van der Waals surface area contributed by atoms with Crippen LogP contribution in [0.1, 0.15) is 0 Å². The molecular weight excluding hydrogens is 175 g/mol. The summed E-state index contributed by atoms with van der Waals surface area (Å²) in [7, 11) is -4.17. The van der Waals surface area contributed by atoms with Crippen LogP contribution in [0, 0.1) is 0 Å².